The monoisotopic (exact) mass is 228 g/mol. The number of ketones is 1. The van der Waals surface area contributed by atoms with Crippen molar-refractivity contribution in [3.05, 3.63) is 0 Å². The number of hydrogen-bond acceptors (Lipinski definition) is 5. The number of Topliss-reactive ketones (excluding diaryl/α,β-unsaturated/α-hetero) is 1. The first-order valence-electron chi connectivity index (χ1n) is 5.47. The molecule has 0 bridgehead atoms. The molecule has 0 N–H and O–H groups in total. The molecule has 0 unspecified atom stereocenters. The van der Waals surface area contributed by atoms with Crippen molar-refractivity contribution in [2.75, 3.05) is 13.2 Å². The van der Waals surface area contributed by atoms with E-state index in [9.17, 15) is 14.4 Å². The van der Waals surface area contributed by atoms with Gasteiger partial charge in [-0.25, -0.2) is 0 Å². The predicted octanol–water partition coefficient (Wildman–Crippen LogP) is 0.708. The topological polar surface area (TPSA) is 69.7 Å². The van der Waals surface area contributed by atoms with E-state index in [1.165, 1.54) is 0 Å². The second-order valence-electron chi connectivity index (χ2n) is 3.59. The zero-order chi connectivity index (χ0) is 12.1. The number of rotatable bonds is 4. The molecule has 0 aromatic carbocycles. The minimum Gasteiger partial charge on any atom is -0.466 e. The van der Waals surface area contributed by atoms with Crippen LogP contribution in [0.3, 0.4) is 0 Å². The third kappa shape index (κ3) is 2.59. The molecule has 0 aliphatic heterocycles. The Hall–Kier alpha value is -1.39. The van der Waals surface area contributed by atoms with Crippen LogP contribution in [-0.4, -0.2) is 30.9 Å². The van der Waals surface area contributed by atoms with Crippen LogP contribution in [0.2, 0.25) is 0 Å². The molecule has 0 saturated heterocycles. The molecule has 1 aliphatic carbocycles. The third-order valence-electron chi connectivity index (χ3n) is 2.58. The van der Waals surface area contributed by atoms with Gasteiger partial charge in [0.25, 0.3) is 0 Å². The minimum absolute atomic E-state index is 0.207. The zero-order valence-corrected chi connectivity index (χ0v) is 9.52. The van der Waals surface area contributed by atoms with Crippen molar-refractivity contribution in [1.29, 1.82) is 0 Å². The molecular formula is C11H16O5. The lowest BCUT2D eigenvalue weighted by atomic mass is 9.96. The molecule has 0 aromatic rings. The predicted molar refractivity (Wildman–Crippen MR) is 54.5 cm³/mol. The van der Waals surface area contributed by atoms with Gasteiger partial charge in [0.15, 0.2) is 0 Å². The van der Waals surface area contributed by atoms with Gasteiger partial charge in [-0.15, -0.1) is 0 Å². The van der Waals surface area contributed by atoms with Crippen LogP contribution in [0, 0.1) is 11.8 Å². The molecule has 2 atom stereocenters. The first-order chi connectivity index (χ1) is 7.61. The average Bonchev–Trinajstić information content (AvgIpc) is 2.61. The Kier molecular flexibility index (Phi) is 4.46. The molecule has 5 nitrogen and oxygen atoms in total. The van der Waals surface area contributed by atoms with Gasteiger partial charge in [0.2, 0.25) is 0 Å². The van der Waals surface area contributed by atoms with Crippen LogP contribution in [0.5, 0.6) is 0 Å². The lowest BCUT2D eigenvalue weighted by molar-refractivity contribution is -0.160. The number of hydrogen-bond donors (Lipinski definition) is 0. The summed E-state index contributed by atoms with van der Waals surface area (Å²) >= 11 is 0. The molecule has 1 saturated carbocycles. The van der Waals surface area contributed by atoms with E-state index in [-0.39, 0.29) is 25.4 Å². The molecule has 0 aromatic heterocycles. The van der Waals surface area contributed by atoms with Crippen molar-refractivity contribution in [3.8, 4) is 0 Å². The molecule has 0 amide bonds. The van der Waals surface area contributed by atoms with Gasteiger partial charge < -0.3 is 9.47 Å². The Morgan fingerprint density at radius 2 is 1.75 bits per heavy atom. The molecule has 1 rings (SSSR count). The van der Waals surface area contributed by atoms with Crippen molar-refractivity contribution < 1.29 is 23.9 Å². The Morgan fingerprint density at radius 1 is 1.19 bits per heavy atom. The summed E-state index contributed by atoms with van der Waals surface area (Å²) in [5, 5.41) is 0. The Balaban J connectivity index is 2.73. The van der Waals surface area contributed by atoms with E-state index in [0.717, 1.165) is 0 Å². The van der Waals surface area contributed by atoms with Gasteiger partial charge in [-0.05, 0) is 20.3 Å². The standard InChI is InChI=1S/C11H16O5/c1-3-15-10(13)7-5-6-8(12)9(7)11(14)16-4-2/h7,9H,3-6H2,1-2H3/t7-,9+/m0/s1. The highest BCUT2D eigenvalue weighted by Crippen LogP contribution is 2.30. The highest BCUT2D eigenvalue weighted by Gasteiger charge is 2.45. The Bertz CT molecular complexity index is 297. The van der Waals surface area contributed by atoms with E-state index in [4.69, 9.17) is 9.47 Å². The van der Waals surface area contributed by atoms with E-state index in [2.05, 4.69) is 0 Å². The summed E-state index contributed by atoms with van der Waals surface area (Å²) < 4.78 is 9.62. The van der Waals surface area contributed by atoms with Crippen molar-refractivity contribution in [2.24, 2.45) is 11.8 Å². The SMILES string of the molecule is CCOC(=O)[C@H]1C(=O)CC[C@@H]1C(=O)OCC. The average molecular weight is 228 g/mol. The van der Waals surface area contributed by atoms with E-state index < -0.39 is 23.8 Å². The Morgan fingerprint density at radius 3 is 2.31 bits per heavy atom. The van der Waals surface area contributed by atoms with Crippen LogP contribution in [0.4, 0.5) is 0 Å². The quantitative estimate of drug-likeness (QED) is 0.523. The maximum Gasteiger partial charge on any atom is 0.317 e. The second-order valence-corrected chi connectivity index (χ2v) is 3.59. The molecule has 0 heterocycles. The van der Waals surface area contributed by atoms with Crippen molar-refractivity contribution in [1.82, 2.24) is 0 Å². The van der Waals surface area contributed by atoms with Crippen molar-refractivity contribution in [2.45, 2.75) is 26.7 Å². The van der Waals surface area contributed by atoms with E-state index in [0.29, 0.717) is 6.42 Å². The first kappa shape index (κ1) is 12.7. The van der Waals surface area contributed by atoms with Gasteiger partial charge in [-0.1, -0.05) is 0 Å². The normalized spacial score (nSPS) is 24.2. The fraction of sp³-hybridized carbons (Fsp3) is 0.727. The summed E-state index contributed by atoms with van der Waals surface area (Å²) in [7, 11) is 0. The van der Waals surface area contributed by atoms with E-state index >= 15 is 0 Å². The van der Waals surface area contributed by atoms with Gasteiger partial charge >= 0.3 is 11.9 Å². The molecule has 1 aliphatic rings. The maximum absolute atomic E-state index is 11.5. The highest BCUT2D eigenvalue weighted by atomic mass is 16.5. The van der Waals surface area contributed by atoms with Crippen LogP contribution >= 0.6 is 0 Å². The zero-order valence-electron chi connectivity index (χ0n) is 9.52. The summed E-state index contributed by atoms with van der Waals surface area (Å²) in [5.74, 6) is -2.93. The van der Waals surface area contributed by atoms with E-state index in [1.807, 2.05) is 0 Å². The van der Waals surface area contributed by atoms with Crippen molar-refractivity contribution >= 4 is 17.7 Å². The summed E-state index contributed by atoms with van der Waals surface area (Å²) in [4.78, 5) is 34.6. The van der Waals surface area contributed by atoms with Crippen LogP contribution in [0.15, 0.2) is 0 Å². The number of carbonyl (C=O) groups is 3. The minimum atomic E-state index is -0.959. The molecular weight excluding hydrogens is 212 g/mol. The smallest absolute Gasteiger partial charge is 0.317 e. The van der Waals surface area contributed by atoms with Gasteiger partial charge in [-0.2, -0.15) is 0 Å². The molecule has 1 fully saturated rings. The lowest BCUT2D eigenvalue weighted by Gasteiger charge is -2.15. The fourth-order valence-electron chi connectivity index (χ4n) is 1.88. The molecule has 90 valence electrons. The Labute approximate surface area is 94.1 Å². The number of esters is 2. The summed E-state index contributed by atoms with van der Waals surface area (Å²) in [6, 6.07) is 0. The highest BCUT2D eigenvalue weighted by molar-refractivity contribution is 6.04. The second kappa shape index (κ2) is 5.63. The van der Waals surface area contributed by atoms with Crippen LogP contribution < -0.4 is 0 Å². The van der Waals surface area contributed by atoms with E-state index in [1.54, 1.807) is 13.8 Å². The fourth-order valence-corrected chi connectivity index (χ4v) is 1.88. The van der Waals surface area contributed by atoms with Gasteiger partial charge in [0.1, 0.15) is 11.7 Å². The van der Waals surface area contributed by atoms with Gasteiger partial charge in [-0.3, -0.25) is 14.4 Å². The third-order valence-corrected chi connectivity index (χ3v) is 2.58. The van der Waals surface area contributed by atoms with Crippen LogP contribution in [0.1, 0.15) is 26.7 Å². The van der Waals surface area contributed by atoms with Crippen molar-refractivity contribution in [3.63, 3.8) is 0 Å². The van der Waals surface area contributed by atoms with Crippen LogP contribution in [0.25, 0.3) is 0 Å². The lowest BCUT2D eigenvalue weighted by Crippen LogP contribution is -2.32. The van der Waals surface area contributed by atoms with Gasteiger partial charge in [0.05, 0.1) is 19.1 Å². The molecule has 16 heavy (non-hydrogen) atoms. The number of ether oxygens (including phenoxy) is 2. The molecule has 0 spiro atoms. The maximum atomic E-state index is 11.5. The summed E-state index contributed by atoms with van der Waals surface area (Å²) in [6.07, 6.45) is 0.619. The summed E-state index contributed by atoms with van der Waals surface area (Å²) in [6.45, 7) is 3.81. The van der Waals surface area contributed by atoms with Gasteiger partial charge in [0, 0.05) is 6.42 Å². The molecule has 5 heteroatoms. The first-order valence-corrected chi connectivity index (χ1v) is 5.47. The number of carbonyl (C=O) groups excluding carboxylic acids is 3. The molecule has 0 radical (unpaired) electrons. The largest absolute Gasteiger partial charge is 0.466 e. The summed E-state index contributed by atoms with van der Waals surface area (Å²) in [5.41, 5.74) is 0. The van der Waals surface area contributed by atoms with Crippen LogP contribution in [-0.2, 0) is 23.9 Å².